The molecule has 1 aliphatic carbocycles. The van der Waals surface area contributed by atoms with Gasteiger partial charge in [0.25, 0.3) is 5.91 Å². The first-order valence-corrected chi connectivity index (χ1v) is 12.4. The number of rotatable bonds is 8. The second-order valence-electron chi connectivity index (χ2n) is 9.59. The minimum atomic E-state index is 0.174. The van der Waals surface area contributed by atoms with Crippen molar-refractivity contribution in [3.8, 4) is 11.5 Å². The SMILES string of the molecule is CCCN(CC1CCN(C(=O)c2cccc(C)c2)CC1)C1Cc2c(OC)ccc(OC)c2C1. The molecule has 2 aliphatic rings. The van der Waals surface area contributed by atoms with E-state index < -0.39 is 0 Å². The second kappa shape index (κ2) is 10.6. The number of fused-ring (bicyclic) bond motifs is 1. The van der Waals surface area contributed by atoms with Crippen LogP contribution in [-0.2, 0) is 12.8 Å². The highest BCUT2D eigenvalue weighted by atomic mass is 16.5. The minimum Gasteiger partial charge on any atom is -0.496 e. The van der Waals surface area contributed by atoms with Gasteiger partial charge in [-0.2, -0.15) is 0 Å². The quantitative estimate of drug-likeness (QED) is 0.582. The zero-order valence-corrected chi connectivity index (χ0v) is 20.6. The van der Waals surface area contributed by atoms with Gasteiger partial charge in [-0.05, 0) is 75.8 Å². The first kappa shape index (κ1) is 23.6. The molecule has 0 radical (unpaired) electrons. The summed E-state index contributed by atoms with van der Waals surface area (Å²) in [5.74, 6) is 2.76. The molecule has 33 heavy (non-hydrogen) atoms. The molecule has 0 saturated carbocycles. The van der Waals surface area contributed by atoms with Crippen LogP contribution in [0.25, 0.3) is 0 Å². The van der Waals surface area contributed by atoms with Crippen molar-refractivity contribution in [2.75, 3.05) is 40.4 Å². The molecule has 5 nitrogen and oxygen atoms in total. The second-order valence-corrected chi connectivity index (χ2v) is 9.59. The molecular weight excluding hydrogens is 412 g/mol. The molecule has 5 heteroatoms. The number of nitrogens with zero attached hydrogens (tertiary/aromatic N) is 2. The molecule has 0 N–H and O–H groups in total. The summed E-state index contributed by atoms with van der Waals surface area (Å²) >= 11 is 0. The van der Waals surface area contributed by atoms with E-state index >= 15 is 0 Å². The van der Waals surface area contributed by atoms with Gasteiger partial charge in [-0.1, -0.05) is 24.6 Å². The highest BCUT2D eigenvalue weighted by molar-refractivity contribution is 5.94. The molecule has 0 aromatic heterocycles. The lowest BCUT2D eigenvalue weighted by atomic mass is 9.94. The molecule has 4 rings (SSSR count). The Labute approximate surface area is 198 Å². The van der Waals surface area contributed by atoms with Crippen molar-refractivity contribution >= 4 is 5.91 Å². The van der Waals surface area contributed by atoms with Crippen LogP contribution < -0.4 is 9.47 Å². The van der Waals surface area contributed by atoms with Gasteiger partial charge in [0, 0.05) is 42.4 Å². The summed E-state index contributed by atoms with van der Waals surface area (Å²) in [4.78, 5) is 17.7. The van der Waals surface area contributed by atoms with E-state index in [2.05, 4.69) is 11.8 Å². The molecule has 2 aromatic carbocycles. The van der Waals surface area contributed by atoms with Gasteiger partial charge in [0.15, 0.2) is 0 Å². The number of piperidine rings is 1. The first-order valence-electron chi connectivity index (χ1n) is 12.4. The van der Waals surface area contributed by atoms with Crippen molar-refractivity contribution in [2.24, 2.45) is 5.92 Å². The molecule has 1 fully saturated rings. The van der Waals surface area contributed by atoms with Gasteiger partial charge in [0.05, 0.1) is 14.2 Å². The lowest BCUT2D eigenvalue weighted by Crippen LogP contribution is -2.44. The summed E-state index contributed by atoms with van der Waals surface area (Å²) in [6.45, 7) is 8.21. The van der Waals surface area contributed by atoms with Gasteiger partial charge in [-0.15, -0.1) is 0 Å². The van der Waals surface area contributed by atoms with Gasteiger partial charge in [0.2, 0.25) is 0 Å². The molecule has 1 amide bonds. The molecule has 0 unspecified atom stereocenters. The summed E-state index contributed by atoms with van der Waals surface area (Å²) in [6, 6.07) is 12.5. The molecule has 0 bridgehead atoms. The predicted molar refractivity (Wildman–Crippen MR) is 132 cm³/mol. The number of carbonyl (C=O) groups excluding carboxylic acids is 1. The summed E-state index contributed by atoms with van der Waals surface area (Å²) in [6.07, 6.45) is 5.32. The number of amides is 1. The number of hydrogen-bond donors (Lipinski definition) is 0. The van der Waals surface area contributed by atoms with Crippen LogP contribution in [0.3, 0.4) is 0 Å². The summed E-state index contributed by atoms with van der Waals surface area (Å²) < 4.78 is 11.3. The van der Waals surface area contributed by atoms with E-state index in [4.69, 9.17) is 9.47 Å². The normalized spacial score (nSPS) is 16.8. The van der Waals surface area contributed by atoms with Crippen molar-refractivity contribution in [1.29, 1.82) is 0 Å². The van der Waals surface area contributed by atoms with E-state index in [1.54, 1.807) is 14.2 Å². The third-order valence-electron chi connectivity index (χ3n) is 7.35. The smallest absolute Gasteiger partial charge is 0.253 e. The number of aryl methyl sites for hydroxylation is 1. The molecule has 1 saturated heterocycles. The molecule has 178 valence electrons. The lowest BCUT2D eigenvalue weighted by molar-refractivity contribution is 0.0649. The Morgan fingerprint density at radius 2 is 1.67 bits per heavy atom. The van der Waals surface area contributed by atoms with Gasteiger partial charge < -0.3 is 14.4 Å². The summed E-state index contributed by atoms with van der Waals surface area (Å²) in [5.41, 5.74) is 4.56. The van der Waals surface area contributed by atoms with Crippen LogP contribution in [-0.4, -0.2) is 62.1 Å². The predicted octanol–water partition coefficient (Wildman–Crippen LogP) is 4.74. The van der Waals surface area contributed by atoms with Gasteiger partial charge >= 0.3 is 0 Å². The Balaban J connectivity index is 1.38. The summed E-state index contributed by atoms with van der Waals surface area (Å²) in [7, 11) is 3.51. The highest BCUT2D eigenvalue weighted by Crippen LogP contribution is 2.39. The van der Waals surface area contributed by atoms with Gasteiger partial charge in [-0.3, -0.25) is 9.69 Å². The molecular formula is C28H38N2O3. The topological polar surface area (TPSA) is 42.0 Å². The third kappa shape index (κ3) is 5.19. The Hall–Kier alpha value is -2.53. The van der Waals surface area contributed by atoms with Crippen molar-refractivity contribution < 1.29 is 14.3 Å². The largest absolute Gasteiger partial charge is 0.496 e. The van der Waals surface area contributed by atoms with E-state index in [1.807, 2.05) is 48.2 Å². The molecule has 2 aromatic rings. The fourth-order valence-electron chi connectivity index (χ4n) is 5.60. The van der Waals surface area contributed by atoms with Crippen LogP contribution in [0.5, 0.6) is 11.5 Å². The van der Waals surface area contributed by atoms with Crippen molar-refractivity contribution in [2.45, 2.75) is 52.0 Å². The Morgan fingerprint density at radius 3 is 2.21 bits per heavy atom. The zero-order chi connectivity index (χ0) is 23.4. The zero-order valence-electron chi connectivity index (χ0n) is 20.6. The monoisotopic (exact) mass is 450 g/mol. The minimum absolute atomic E-state index is 0.174. The van der Waals surface area contributed by atoms with Gasteiger partial charge in [0.1, 0.15) is 11.5 Å². The molecule has 0 atom stereocenters. The average Bonchev–Trinajstić information content (AvgIpc) is 3.29. The lowest BCUT2D eigenvalue weighted by Gasteiger charge is -2.37. The fourth-order valence-corrected chi connectivity index (χ4v) is 5.60. The van der Waals surface area contributed by atoms with Crippen LogP contribution in [0.2, 0.25) is 0 Å². The average molecular weight is 451 g/mol. The van der Waals surface area contributed by atoms with E-state index in [1.165, 1.54) is 11.1 Å². The number of carbonyl (C=O) groups is 1. The van der Waals surface area contributed by atoms with Gasteiger partial charge in [-0.25, -0.2) is 0 Å². The number of methoxy groups -OCH3 is 2. The van der Waals surface area contributed by atoms with Crippen molar-refractivity contribution in [3.63, 3.8) is 0 Å². The van der Waals surface area contributed by atoms with Crippen molar-refractivity contribution in [3.05, 3.63) is 58.7 Å². The number of benzene rings is 2. The van der Waals surface area contributed by atoms with Crippen LogP contribution in [0.1, 0.15) is 53.2 Å². The Kier molecular flexibility index (Phi) is 7.59. The number of ether oxygens (including phenoxy) is 2. The molecule has 0 spiro atoms. The van der Waals surface area contributed by atoms with Crippen LogP contribution >= 0.6 is 0 Å². The maximum absolute atomic E-state index is 12.9. The van der Waals surface area contributed by atoms with E-state index in [0.717, 1.165) is 80.9 Å². The summed E-state index contributed by atoms with van der Waals surface area (Å²) in [5, 5.41) is 0. The van der Waals surface area contributed by atoms with Crippen LogP contribution in [0.4, 0.5) is 0 Å². The Morgan fingerprint density at radius 1 is 1.03 bits per heavy atom. The van der Waals surface area contributed by atoms with Crippen LogP contribution in [0.15, 0.2) is 36.4 Å². The Bertz CT molecular complexity index is 933. The van der Waals surface area contributed by atoms with E-state index in [9.17, 15) is 4.79 Å². The maximum Gasteiger partial charge on any atom is 0.253 e. The third-order valence-corrected chi connectivity index (χ3v) is 7.35. The number of likely N-dealkylation sites (tertiary alicyclic amines) is 1. The maximum atomic E-state index is 12.9. The van der Waals surface area contributed by atoms with Crippen LogP contribution in [0, 0.1) is 12.8 Å². The standard InChI is InChI=1S/C28H38N2O3/c1-5-13-30(23-17-24-25(18-23)27(33-4)10-9-26(24)32-3)19-21-11-14-29(15-12-21)28(31)22-8-6-7-20(2)16-22/h6-10,16,21,23H,5,11-15,17-19H2,1-4H3. The van der Waals surface area contributed by atoms with E-state index in [0.29, 0.717) is 12.0 Å². The molecule has 1 heterocycles. The fraction of sp³-hybridized carbons (Fsp3) is 0.536. The van der Waals surface area contributed by atoms with Crippen molar-refractivity contribution in [1.82, 2.24) is 9.80 Å². The molecule has 1 aliphatic heterocycles. The van der Waals surface area contributed by atoms with E-state index in [-0.39, 0.29) is 5.91 Å². The first-order chi connectivity index (χ1) is 16.0. The number of hydrogen-bond acceptors (Lipinski definition) is 4. The highest BCUT2D eigenvalue weighted by Gasteiger charge is 2.33.